The summed E-state index contributed by atoms with van der Waals surface area (Å²) < 4.78 is 21.1. The lowest BCUT2D eigenvalue weighted by molar-refractivity contribution is -0.117. The summed E-state index contributed by atoms with van der Waals surface area (Å²) in [5.41, 5.74) is 8.69. The standard InChI is InChI=1S/C23H26N4O6S.ClH/c1-30-18-9-8-16(21(31-2)22(18)32-3)20-17(13-34-26-20)14-6-5-7-15(12-14)27(33-4)23(29)25-11-10-19(24)28;/h5-9,12-13H,10-11H2,1-4H3,(H2,24,28)(H,25,29);1H. The van der Waals surface area contributed by atoms with E-state index in [1.165, 1.54) is 18.6 Å². The third kappa shape index (κ3) is 6.13. The molecular formula is C23H27ClN4O6S. The second-order valence-electron chi connectivity index (χ2n) is 6.93. The number of hydrogen-bond donors (Lipinski definition) is 2. The molecule has 0 atom stereocenters. The predicted octanol–water partition coefficient (Wildman–Crippen LogP) is 3.88. The molecular weight excluding hydrogens is 496 g/mol. The van der Waals surface area contributed by atoms with Gasteiger partial charge in [-0.25, -0.2) is 4.79 Å². The molecule has 3 N–H and O–H groups in total. The minimum absolute atomic E-state index is 0. The van der Waals surface area contributed by atoms with Crippen LogP contribution in [-0.2, 0) is 9.63 Å². The zero-order valence-corrected chi connectivity index (χ0v) is 21.3. The fourth-order valence-corrected chi connectivity index (χ4v) is 4.10. The minimum Gasteiger partial charge on any atom is -0.493 e. The van der Waals surface area contributed by atoms with Crippen molar-refractivity contribution in [2.24, 2.45) is 5.73 Å². The summed E-state index contributed by atoms with van der Waals surface area (Å²) in [6.45, 7) is 0.103. The number of nitrogens with one attached hydrogen (secondary N) is 1. The number of nitrogens with two attached hydrogens (primary N) is 1. The van der Waals surface area contributed by atoms with Gasteiger partial charge in [0.15, 0.2) is 11.5 Å². The van der Waals surface area contributed by atoms with Gasteiger partial charge in [-0.1, -0.05) is 12.1 Å². The lowest BCUT2D eigenvalue weighted by atomic mass is 10.00. The molecule has 3 amide bonds. The number of rotatable bonds is 10. The number of carbonyl (C=O) groups excluding carboxylic acids is 2. The second-order valence-corrected chi connectivity index (χ2v) is 7.56. The van der Waals surface area contributed by atoms with Crippen LogP contribution in [-0.4, -0.2) is 51.3 Å². The van der Waals surface area contributed by atoms with Gasteiger partial charge in [0.05, 0.1) is 39.8 Å². The molecule has 0 aliphatic rings. The fourth-order valence-electron chi connectivity index (χ4n) is 3.39. The molecule has 0 saturated carbocycles. The minimum atomic E-state index is -0.522. The lowest BCUT2D eigenvalue weighted by Gasteiger charge is -2.21. The topological polar surface area (TPSA) is 125 Å². The molecule has 188 valence electrons. The smallest absolute Gasteiger partial charge is 0.346 e. The van der Waals surface area contributed by atoms with Gasteiger partial charge in [0.25, 0.3) is 0 Å². The molecule has 1 heterocycles. The third-order valence-corrected chi connectivity index (χ3v) is 5.56. The average Bonchev–Trinajstić information content (AvgIpc) is 3.33. The van der Waals surface area contributed by atoms with E-state index in [-0.39, 0.29) is 25.4 Å². The number of urea groups is 1. The van der Waals surface area contributed by atoms with Crippen LogP contribution in [0, 0.1) is 0 Å². The van der Waals surface area contributed by atoms with Crippen molar-refractivity contribution in [1.29, 1.82) is 0 Å². The van der Waals surface area contributed by atoms with E-state index >= 15 is 0 Å². The van der Waals surface area contributed by atoms with Crippen LogP contribution in [0.4, 0.5) is 10.5 Å². The zero-order chi connectivity index (χ0) is 24.7. The first-order valence-corrected chi connectivity index (χ1v) is 11.0. The Kier molecular flexibility index (Phi) is 10.1. The SMILES string of the molecule is COc1ccc(-c2nscc2-c2cccc(N(OC)C(=O)NCCC(N)=O)c2)c(OC)c1OC.Cl. The van der Waals surface area contributed by atoms with Crippen LogP contribution in [0.3, 0.4) is 0 Å². The summed E-state index contributed by atoms with van der Waals surface area (Å²) in [7, 11) is 6.04. The molecule has 3 aromatic rings. The fraction of sp³-hybridized carbons (Fsp3) is 0.261. The van der Waals surface area contributed by atoms with Crippen molar-refractivity contribution < 1.29 is 28.6 Å². The van der Waals surface area contributed by atoms with E-state index in [0.717, 1.165) is 21.8 Å². The largest absolute Gasteiger partial charge is 0.493 e. The Morgan fingerprint density at radius 2 is 1.77 bits per heavy atom. The molecule has 0 aliphatic carbocycles. The van der Waals surface area contributed by atoms with Gasteiger partial charge in [0.2, 0.25) is 11.7 Å². The Labute approximate surface area is 213 Å². The first-order valence-electron chi connectivity index (χ1n) is 10.2. The maximum atomic E-state index is 12.5. The van der Waals surface area contributed by atoms with E-state index in [0.29, 0.717) is 28.6 Å². The van der Waals surface area contributed by atoms with Gasteiger partial charge in [-0.05, 0) is 41.4 Å². The Balaban J connectivity index is 0.00000432. The van der Waals surface area contributed by atoms with Gasteiger partial charge >= 0.3 is 6.03 Å². The van der Waals surface area contributed by atoms with Crippen molar-refractivity contribution in [3.05, 3.63) is 41.8 Å². The molecule has 0 radical (unpaired) electrons. The molecule has 0 spiro atoms. The maximum absolute atomic E-state index is 12.5. The summed E-state index contributed by atoms with van der Waals surface area (Å²) in [6.07, 6.45) is 0.0282. The lowest BCUT2D eigenvalue weighted by Crippen LogP contribution is -2.40. The number of aromatic nitrogens is 1. The quantitative estimate of drug-likeness (QED) is 0.387. The summed E-state index contributed by atoms with van der Waals surface area (Å²) >= 11 is 1.29. The van der Waals surface area contributed by atoms with Crippen molar-refractivity contribution in [1.82, 2.24) is 9.69 Å². The molecule has 0 fully saturated rings. The highest BCUT2D eigenvalue weighted by molar-refractivity contribution is 7.04. The molecule has 3 rings (SSSR count). The van der Waals surface area contributed by atoms with Gasteiger partial charge in [-0.2, -0.15) is 9.44 Å². The van der Waals surface area contributed by atoms with Gasteiger partial charge in [-0.3, -0.25) is 9.63 Å². The van der Waals surface area contributed by atoms with Crippen LogP contribution in [0.15, 0.2) is 41.8 Å². The van der Waals surface area contributed by atoms with Crippen LogP contribution in [0.1, 0.15) is 6.42 Å². The van der Waals surface area contributed by atoms with Gasteiger partial charge in [0, 0.05) is 29.5 Å². The van der Waals surface area contributed by atoms with Crippen molar-refractivity contribution >= 4 is 41.6 Å². The first kappa shape index (κ1) is 27.7. The molecule has 35 heavy (non-hydrogen) atoms. The maximum Gasteiger partial charge on any atom is 0.346 e. The summed E-state index contributed by atoms with van der Waals surface area (Å²) in [5.74, 6) is 1.00. The monoisotopic (exact) mass is 522 g/mol. The molecule has 0 aliphatic heterocycles. The number of hydroxylamine groups is 1. The van der Waals surface area contributed by atoms with Crippen LogP contribution in [0.25, 0.3) is 22.4 Å². The number of nitrogens with zero attached hydrogens (tertiary/aromatic N) is 2. The van der Waals surface area contributed by atoms with Crippen LogP contribution < -0.4 is 30.3 Å². The third-order valence-electron chi connectivity index (χ3n) is 4.94. The van der Waals surface area contributed by atoms with E-state index < -0.39 is 11.9 Å². The summed E-state index contributed by atoms with van der Waals surface area (Å²) in [4.78, 5) is 28.8. The predicted molar refractivity (Wildman–Crippen MR) is 137 cm³/mol. The molecule has 1 aromatic heterocycles. The van der Waals surface area contributed by atoms with E-state index in [1.807, 2.05) is 17.5 Å². The summed E-state index contributed by atoms with van der Waals surface area (Å²) in [5, 5.41) is 5.61. The molecule has 0 bridgehead atoms. The highest BCUT2D eigenvalue weighted by Crippen LogP contribution is 2.46. The molecule has 10 nitrogen and oxygen atoms in total. The number of benzene rings is 2. The molecule has 0 unspecified atom stereocenters. The van der Waals surface area contributed by atoms with E-state index in [4.69, 9.17) is 24.8 Å². The number of carbonyl (C=O) groups is 2. The second kappa shape index (κ2) is 12.8. The number of methoxy groups -OCH3 is 3. The number of hydrogen-bond acceptors (Lipinski definition) is 8. The number of halogens is 1. The summed E-state index contributed by atoms with van der Waals surface area (Å²) in [6, 6.07) is 10.4. The number of ether oxygens (including phenoxy) is 3. The average molecular weight is 523 g/mol. The normalized spacial score (nSPS) is 10.2. The van der Waals surface area contributed by atoms with Crippen molar-refractivity contribution in [2.75, 3.05) is 40.0 Å². The zero-order valence-electron chi connectivity index (χ0n) is 19.7. The van der Waals surface area contributed by atoms with Crippen molar-refractivity contribution in [2.45, 2.75) is 6.42 Å². The van der Waals surface area contributed by atoms with E-state index in [9.17, 15) is 9.59 Å². The Bertz CT molecular complexity index is 1170. The molecule has 12 heteroatoms. The van der Waals surface area contributed by atoms with Crippen LogP contribution in [0.5, 0.6) is 17.2 Å². The van der Waals surface area contributed by atoms with Gasteiger partial charge in [0.1, 0.15) is 0 Å². The number of amides is 3. The van der Waals surface area contributed by atoms with E-state index in [2.05, 4.69) is 9.69 Å². The Morgan fingerprint density at radius 1 is 1.03 bits per heavy atom. The highest BCUT2D eigenvalue weighted by atomic mass is 35.5. The van der Waals surface area contributed by atoms with Crippen molar-refractivity contribution in [3.63, 3.8) is 0 Å². The molecule has 2 aromatic carbocycles. The van der Waals surface area contributed by atoms with Crippen molar-refractivity contribution in [3.8, 4) is 39.6 Å². The Hall–Kier alpha value is -3.54. The Morgan fingerprint density at radius 3 is 2.40 bits per heavy atom. The highest BCUT2D eigenvalue weighted by Gasteiger charge is 2.22. The van der Waals surface area contributed by atoms with Crippen LogP contribution >= 0.6 is 23.9 Å². The first-order chi connectivity index (χ1) is 16.4. The van der Waals surface area contributed by atoms with Gasteiger partial charge < -0.3 is 25.3 Å². The number of primary amides is 1. The molecule has 0 saturated heterocycles. The van der Waals surface area contributed by atoms with E-state index in [1.54, 1.807) is 45.6 Å². The van der Waals surface area contributed by atoms with Gasteiger partial charge in [-0.15, -0.1) is 12.4 Å². The van der Waals surface area contributed by atoms with Crippen LogP contribution in [0.2, 0.25) is 0 Å². The number of anilines is 1.